The van der Waals surface area contributed by atoms with Crippen molar-refractivity contribution in [1.29, 1.82) is 0 Å². The summed E-state index contributed by atoms with van der Waals surface area (Å²) in [5, 5.41) is 13.0. The molecule has 0 unspecified atom stereocenters. The highest BCUT2D eigenvalue weighted by atomic mass is 15.4. The maximum atomic E-state index is 4.64. The smallest absolute Gasteiger partial charge is 0.200 e. The van der Waals surface area contributed by atoms with Crippen molar-refractivity contribution in [3.8, 4) is 0 Å². The van der Waals surface area contributed by atoms with Gasteiger partial charge in [0.25, 0.3) is 0 Å². The highest BCUT2D eigenvalue weighted by molar-refractivity contribution is 5.68. The van der Waals surface area contributed by atoms with Crippen molar-refractivity contribution < 1.29 is 0 Å². The molecule has 2 aliphatic heterocycles. The third kappa shape index (κ3) is 2.77. The first-order valence-electron chi connectivity index (χ1n) is 9.21. The Labute approximate surface area is 143 Å². The number of fused-ring (bicyclic) bond motifs is 1. The molecule has 2 aliphatic rings. The van der Waals surface area contributed by atoms with Crippen molar-refractivity contribution in [2.45, 2.75) is 45.4 Å². The number of nitrogens with zero attached hydrogens (tertiary/aromatic N) is 6. The van der Waals surface area contributed by atoms with Gasteiger partial charge in [-0.05, 0) is 56.7 Å². The van der Waals surface area contributed by atoms with Crippen LogP contribution in [0.25, 0.3) is 5.65 Å². The van der Waals surface area contributed by atoms with Gasteiger partial charge in [-0.15, -0.1) is 10.2 Å². The van der Waals surface area contributed by atoms with Gasteiger partial charge in [0, 0.05) is 19.6 Å². The summed E-state index contributed by atoms with van der Waals surface area (Å²) < 4.78 is 1.84. The van der Waals surface area contributed by atoms with Crippen molar-refractivity contribution in [2.24, 2.45) is 5.41 Å². The monoisotopic (exact) mass is 328 g/mol. The van der Waals surface area contributed by atoms with E-state index in [9.17, 15) is 0 Å². The van der Waals surface area contributed by atoms with E-state index >= 15 is 0 Å². The lowest BCUT2D eigenvalue weighted by Crippen LogP contribution is -2.48. The second kappa shape index (κ2) is 5.99. The van der Waals surface area contributed by atoms with E-state index in [2.05, 4.69) is 52.1 Å². The normalized spacial score (nSPS) is 21.9. The fourth-order valence-electron chi connectivity index (χ4n) is 4.43. The van der Waals surface area contributed by atoms with Crippen molar-refractivity contribution >= 4 is 11.3 Å². The molecule has 6 heteroatoms. The van der Waals surface area contributed by atoms with Gasteiger partial charge in [-0.25, -0.2) is 0 Å². The molecule has 0 radical (unpaired) electrons. The van der Waals surface area contributed by atoms with E-state index in [1.54, 1.807) is 6.33 Å². The van der Waals surface area contributed by atoms with Crippen LogP contribution in [-0.2, 0) is 0 Å². The predicted molar refractivity (Wildman–Crippen MR) is 95.5 cm³/mol. The fourth-order valence-corrected chi connectivity index (χ4v) is 4.43. The molecule has 2 fully saturated rings. The van der Waals surface area contributed by atoms with Crippen LogP contribution < -0.4 is 4.90 Å². The highest BCUT2D eigenvalue weighted by Crippen LogP contribution is 2.41. The molecule has 0 atom stereocenters. The van der Waals surface area contributed by atoms with E-state index in [1.807, 2.05) is 4.52 Å². The number of rotatable bonds is 2. The fraction of sp³-hybridized carbons (Fsp3) is 0.722. The molecule has 0 bridgehead atoms. The summed E-state index contributed by atoms with van der Waals surface area (Å²) in [7, 11) is 2.27. The quantitative estimate of drug-likeness (QED) is 0.848. The molecule has 0 amide bonds. The first kappa shape index (κ1) is 15.8. The molecule has 24 heavy (non-hydrogen) atoms. The number of hydrogen-bond donors (Lipinski definition) is 0. The molecule has 0 aromatic carbocycles. The number of piperidine rings is 2. The summed E-state index contributed by atoms with van der Waals surface area (Å²) >= 11 is 0. The number of likely N-dealkylation sites (tertiary alicyclic amines) is 1. The van der Waals surface area contributed by atoms with E-state index in [0.29, 0.717) is 11.3 Å². The average molecular weight is 328 g/mol. The second-order valence-electron chi connectivity index (χ2n) is 8.04. The van der Waals surface area contributed by atoms with Crippen molar-refractivity contribution in [2.75, 3.05) is 38.1 Å². The van der Waals surface area contributed by atoms with Crippen LogP contribution in [0.15, 0.2) is 12.4 Å². The van der Waals surface area contributed by atoms with Gasteiger partial charge in [0.15, 0.2) is 0 Å². The van der Waals surface area contributed by atoms with E-state index in [4.69, 9.17) is 0 Å². The summed E-state index contributed by atoms with van der Waals surface area (Å²) in [6, 6.07) is 2.22. The van der Waals surface area contributed by atoms with Gasteiger partial charge in [0.05, 0.1) is 11.4 Å². The van der Waals surface area contributed by atoms with Gasteiger partial charge in [-0.2, -0.15) is 9.61 Å². The number of hydrogen-bond acceptors (Lipinski definition) is 5. The molecule has 4 heterocycles. The lowest BCUT2D eigenvalue weighted by Gasteiger charge is -2.47. The molecule has 0 aliphatic carbocycles. The highest BCUT2D eigenvalue weighted by Gasteiger charge is 2.37. The van der Waals surface area contributed by atoms with E-state index in [1.165, 1.54) is 44.5 Å². The van der Waals surface area contributed by atoms with E-state index < -0.39 is 0 Å². The minimum atomic E-state index is 0.402. The SMILES string of the molecule is CC(C)c1cc(N2CCC3(CCCN(C)C3)CC2)c2nncn2n1. The Bertz CT molecular complexity index is 713. The third-order valence-corrected chi connectivity index (χ3v) is 5.88. The molecule has 130 valence electrons. The molecule has 0 saturated carbocycles. The minimum absolute atomic E-state index is 0.402. The second-order valence-corrected chi connectivity index (χ2v) is 8.04. The van der Waals surface area contributed by atoms with Crippen LogP contribution in [0.4, 0.5) is 5.69 Å². The summed E-state index contributed by atoms with van der Waals surface area (Å²) in [4.78, 5) is 5.01. The van der Waals surface area contributed by atoms with Gasteiger partial charge in [-0.1, -0.05) is 13.8 Å². The van der Waals surface area contributed by atoms with Crippen LogP contribution >= 0.6 is 0 Å². The standard InChI is InChI=1S/C18H28N6/c1-14(2)15-11-16(17-20-19-13-24(17)21-15)23-9-6-18(7-10-23)5-4-8-22(3)12-18/h11,13-14H,4-10,12H2,1-3H3. The Balaban J connectivity index is 1.59. The van der Waals surface area contributed by atoms with Crippen LogP contribution in [0.1, 0.15) is 51.1 Å². The first-order chi connectivity index (χ1) is 11.6. The molecule has 0 N–H and O–H groups in total. The molecule has 2 aromatic rings. The Morgan fingerprint density at radius 1 is 1.12 bits per heavy atom. The van der Waals surface area contributed by atoms with Crippen molar-refractivity contribution in [1.82, 2.24) is 24.7 Å². The number of anilines is 1. The maximum absolute atomic E-state index is 4.64. The zero-order valence-electron chi connectivity index (χ0n) is 15.1. The summed E-state index contributed by atoms with van der Waals surface area (Å²) in [6.07, 6.45) is 7.00. The Morgan fingerprint density at radius 2 is 1.92 bits per heavy atom. The van der Waals surface area contributed by atoms with Gasteiger partial charge in [0.1, 0.15) is 6.33 Å². The Kier molecular flexibility index (Phi) is 3.95. The predicted octanol–water partition coefficient (Wildman–Crippen LogP) is 2.56. The average Bonchev–Trinajstić information content (AvgIpc) is 3.03. The number of aromatic nitrogens is 4. The molecular weight excluding hydrogens is 300 g/mol. The molecule has 2 aromatic heterocycles. The van der Waals surface area contributed by atoms with Crippen LogP contribution in [0.3, 0.4) is 0 Å². The van der Waals surface area contributed by atoms with Crippen LogP contribution in [0.2, 0.25) is 0 Å². The van der Waals surface area contributed by atoms with E-state index in [-0.39, 0.29) is 0 Å². The Hall–Kier alpha value is -1.69. The van der Waals surface area contributed by atoms with Crippen molar-refractivity contribution in [3.63, 3.8) is 0 Å². The van der Waals surface area contributed by atoms with Crippen LogP contribution in [-0.4, -0.2) is 57.9 Å². The van der Waals surface area contributed by atoms with Gasteiger partial charge >= 0.3 is 0 Å². The summed E-state index contributed by atoms with van der Waals surface area (Å²) in [5.41, 5.74) is 3.72. The topological polar surface area (TPSA) is 49.6 Å². The molecular formula is C18H28N6. The lowest BCUT2D eigenvalue weighted by atomic mass is 9.72. The summed E-state index contributed by atoms with van der Waals surface area (Å²) in [5.74, 6) is 0.402. The molecule has 2 saturated heterocycles. The largest absolute Gasteiger partial charge is 0.368 e. The Morgan fingerprint density at radius 3 is 2.62 bits per heavy atom. The maximum Gasteiger partial charge on any atom is 0.200 e. The first-order valence-corrected chi connectivity index (χ1v) is 9.21. The van der Waals surface area contributed by atoms with Gasteiger partial charge in [-0.3, -0.25) is 0 Å². The van der Waals surface area contributed by atoms with Crippen LogP contribution in [0, 0.1) is 5.41 Å². The lowest BCUT2D eigenvalue weighted by molar-refractivity contribution is 0.0822. The summed E-state index contributed by atoms with van der Waals surface area (Å²) in [6.45, 7) is 9.11. The van der Waals surface area contributed by atoms with E-state index in [0.717, 1.165) is 24.4 Å². The zero-order valence-corrected chi connectivity index (χ0v) is 15.1. The van der Waals surface area contributed by atoms with Gasteiger partial charge < -0.3 is 9.80 Å². The molecule has 4 rings (SSSR count). The van der Waals surface area contributed by atoms with Gasteiger partial charge in [0.2, 0.25) is 5.65 Å². The van der Waals surface area contributed by atoms with Crippen molar-refractivity contribution in [3.05, 3.63) is 18.1 Å². The van der Waals surface area contributed by atoms with Crippen LogP contribution in [0.5, 0.6) is 0 Å². The minimum Gasteiger partial charge on any atom is -0.368 e. The molecule has 1 spiro atoms. The molecule has 6 nitrogen and oxygen atoms in total. The third-order valence-electron chi connectivity index (χ3n) is 5.88. The zero-order chi connectivity index (χ0) is 16.7.